The van der Waals surface area contributed by atoms with Crippen LogP contribution in [0.1, 0.15) is 37.5 Å². The van der Waals surface area contributed by atoms with Gasteiger partial charge in [-0.15, -0.1) is 10.2 Å². The zero-order valence-corrected chi connectivity index (χ0v) is 11.4. The quantitative estimate of drug-likeness (QED) is 0.857. The minimum Gasteiger partial charge on any atom is -0.420 e. The SMILES string of the molecule is c1cncc(-c2nnc([C@H]3CCN(C4CCC4)C3)o2)c1. The summed E-state index contributed by atoms with van der Waals surface area (Å²) < 4.78 is 5.84. The summed E-state index contributed by atoms with van der Waals surface area (Å²) in [5.74, 6) is 1.76. The molecule has 0 amide bonds. The van der Waals surface area contributed by atoms with Crippen molar-refractivity contribution < 1.29 is 4.42 Å². The molecule has 2 aromatic heterocycles. The summed E-state index contributed by atoms with van der Waals surface area (Å²) in [6, 6.07) is 4.63. The van der Waals surface area contributed by atoms with Crippen LogP contribution in [0.2, 0.25) is 0 Å². The summed E-state index contributed by atoms with van der Waals surface area (Å²) in [7, 11) is 0. The molecule has 4 rings (SSSR count). The van der Waals surface area contributed by atoms with Crippen molar-refractivity contribution in [1.82, 2.24) is 20.1 Å². The monoisotopic (exact) mass is 270 g/mol. The molecule has 1 saturated heterocycles. The largest absolute Gasteiger partial charge is 0.420 e. The molecule has 0 aromatic carbocycles. The van der Waals surface area contributed by atoms with Gasteiger partial charge in [0.1, 0.15) is 0 Å². The summed E-state index contributed by atoms with van der Waals surface area (Å²) >= 11 is 0. The van der Waals surface area contributed by atoms with Crippen molar-refractivity contribution in [1.29, 1.82) is 0 Å². The van der Waals surface area contributed by atoms with Gasteiger partial charge in [0.2, 0.25) is 11.8 Å². The first-order valence-corrected chi connectivity index (χ1v) is 7.38. The molecular formula is C15H18N4O. The first-order valence-electron chi connectivity index (χ1n) is 7.38. The van der Waals surface area contributed by atoms with Gasteiger partial charge in [-0.1, -0.05) is 6.42 Å². The summed E-state index contributed by atoms with van der Waals surface area (Å²) in [5.41, 5.74) is 0.889. The number of hydrogen-bond acceptors (Lipinski definition) is 5. The summed E-state index contributed by atoms with van der Waals surface area (Å²) in [6.07, 6.45) is 8.73. The van der Waals surface area contributed by atoms with E-state index in [0.29, 0.717) is 11.8 Å². The first-order chi connectivity index (χ1) is 9.90. The highest BCUT2D eigenvalue weighted by molar-refractivity contribution is 5.50. The Morgan fingerprint density at radius 1 is 1.20 bits per heavy atom. The van der Waals surface area contributed by atoms with Crippen LogP contribution in [0, 0.1) is 0 Å². The summed E-state index contributed by atoms with van der Waals surface area (Å²) in [6.45, 7) is 2.24. The Bertz CT molecular complexity index is 579. The van der Waals surface area contributed by atoms with E-state index in [9.17, 15) is 0 Å². The molecule has 20 heavy (non-hydrogen) atoms. The minimum absolute atomic E-state index is 0.397. The normalized spacial score (nSPS) is 23.9. The molecule has 1 aliphatic carbocycles. The van der Waals surface area contributed by atoms with Gasteiger partial charge in [0.15, 0.2) is 0 Å². The van der Waals surface area contributed by atoms with Gasteiger partial charge in [-0.2, -0.15) is 0 Å². The number of hydrogen-bond donors (Lipinski definition) is 0. The van der Waals surface area contributed by atoms with Crippen LogP contribution in [0.25, 0.3) is 11.5 Å². The van der Waals surface area contributed by atoms with Gasteiger partial charge in [-0.3, -0.25) is 9.88 Å². The third-order valence-electron chi connectivity index (χ3n) is 4.51. The Balaban J connectivity index is 1.48. The second kappa shape index (κ2) is 4.98. The lowest BCUT2D eigenvalue weighted by Gasteiger charge is -2.34. The highest BCUT2D eigenvalue weighted by atomic mass is 16.4. The molecule has 5 heteroatoms. The molecule has 2 aromatic rings. The first kappa shape index (κ1) is 12.0. The summed E-state index contributed by atoms with van der Waals surface area (Å²) in [4.78, 5) is 6.67. The van der Waals surface area contributed by atoms with Crippen LogP contribution in [0.3, 0.4) is 0 Å². The van der Waals surface area contributed by atoms with Gasteiger partial charge in [0.05, 0.1) is 11.5 Å². The predicted molar refractivity (Wildman–Crippen MR) is 74.1 cm³/mol. The zero-order valence-electron chi connectivity index (χ0n) is 11.4. The van der Waals surface area contributed by atoms with Crippen LogP contribution in [0.5, 0.6) is 0 Å². The number of aromatic nitrogens is 3. The molecule has 0 unspecified atom stereocenters. The van der Waals surface area contributed by atoms with Crippen molar-refractivity contribution in [2.24, 2.45) is 0 Å². The number of rotatable bonds is 3. The van der Waals surface area contributed by atoms with Crippen molar-refractivity contribution >= 4 is 0 Å². The van der Waals surface area contributed by atoms with Gasteiger partial charge >= 0.3 is 0 Å². The maximum Gasteiger partial charge on any atom is 0.249 e. The Kier molecular flexibility index (Phi) is 2.99. The summed E-state index contributed by atoms with van der Waals surface area (Å²) in [5, 5.41) is 8.40. The molecule has 1 saturated carbocycles. The highest BCUT2D eigenvalue weighted by Crippen LogP contribution is 2.34. The van der Waals surface area contributed by atoms with Crippen LogP contribution < -0.4 is 0 Å². The number of pyridine rings is 1. The van der Waals surface area contributed by atoms with Gasteiger partial charge in [0.25, 0.3) is 0 Å². The fraction of sp³-hybridized carbons (Fsp3) is 0.533. The Labute approximate surface area is 118 Å². The van der Waals surface area contributed by atoms with Crippen molar-refractivity contribution in [2.75, 3.05) is 13.1 Å². The molecular weight excluding hydrogens is 252 g/mol. The van der Waals surface area contributed by atoms with E-state index < -0.39 is 0 Å². The van der Waals surface area contributed by atoms with Gasteiger partial charge in [-0.25, -0.2) is 0 Å². The Hall–Kier alpha value is -1.75. The molecule has 0 spiro atoms. The lowest BCUT2D eigenvalue weighted by atomic mass is 9.92. The second-order valence-corrected chi connectivity index (χ2v) is 5.75. The molecule has 1 atom stereocenters. The average Bonchev–Trinajstić information content (AvgIpc) is 3.06. The third-order valence-corrected chi connectivity index (χ3v) is 4.51. The van der Waals surface area contributed by atoms with E-state index in [0.717, 1.165) is 30.5 Å². The maximum atomic E-state index is 5.84. The van der Waals surface area contributed by atoms with Crippen LogP contribution in [0.4, 0.5) is 0 Å². The van der Waals surface area contributed by atoms with E-state index in [1.807, 2.05) is 12.1 Å². The smallest absolute Gasteiger partial charge is 0.249 e. The van der Waals surface area contributed by atoms with Gasteiger partial charge in [-0.05, 0) is 37.9 Å². The fourth-order valence-corrected chi connectivity index (χ4v) is 3.08. The van der Waals surface area contributed by atoms with Gasteiger partial charge in [0, 0.05) is 25.0 Å². The van der Waals surface area contributed by atoms with E-state index in [4.69, 9.17) is 4.42 Å². The van der Waals surface area contributed by atoms with Crippen LogP contribution in [-0.4, -0.2) is 39.2 Å². The standard InChI is InChI=1S/C15H18N4O/c1-4-13(5-1)19-8-6-12(10-19)15-18-17-14(20-15)11-3-2-7-16-9-11/h2-3,7,9,12-13H,1,4-6,8,10H2/t12-/m0/s1. The fourth-order valence-electron chi connectivity index (χ4n) is 3.08. The van der Waals surface area contributed by atoms with Crippen LogP contribution >= 0.6 is 0 Å². The van der Waals surface area contributed by atoms with E-state index in [2.05, 4.69) is 20.1 Å². The van der Waals surface area contributed by atoms with E-state index in [1.165, 1.54) is 25.8 Å². The van der Waals surface area contributed by atoms with E-state index >= 15 is 0 Å². The maximum absolute atomic E-state index is 5.84. The lowest BCUT2D eigenvalue weighted by molar-refractivity contribution is 0.156. The van der Waals surface area contributed by atoms with Crippen LogP contribution in [0.15, 0.2) is 28.9 Å². The molecule has 2 aliphatic rings. The molecule has 0 bridgehead atoms. The number of likely N-dealkylation sites (tertiary alicyclic amines) is 1. The molecule has 104 valence electrons. The number of nitrogens with zero attached hydrogens (tertiary/aromatic N) is 4. The predicted octanol–water partition coefficient (Wildman–Crippen LogP) is 2.47. The van der Waals surface area contributed by atoms with E-state index in [-0.39, 0.29) is 0 Å². The highest BCUT2D eigenvalue weighted by Gasteiger charge is 2.34. The molecule has 0 N–H and O–H groups in total. The minimum atomic E-state index is 0.397. The van der Waals surface area contributed by atoms with E-state index in [1.54, 1.807) is 12.4 Å². The third kappa shape index (κ3) is 2.12. The van der Waals surface area contributed by atoms with Crippen molar-refractivity contribution in [3.63, 3.8) is 0 Å². The molecule has 3 heterocycles. The van der Waals surface area contributed by atoms with Crippen molar-refractivity contribution in [3.05, 3.63) is 30.4 Å². The second-order valence-electron chi connectivity index (χ2n) is 5.75. The molecule has 5 nitrogen and oxygen atoms in total. The lowest BCUT2D eigenvalue weighted by Crippen LogP contribution is -2.38. The van der Waals surface area contributed by atoms with Crippen molar-refractivity contribution in [3.8, 4) is 11.5 Å². The molecule has 1 aliphatic heterocycles. The topological polar surface area (TPSA) is 55.1 Å². The average molecular weight is 270 g/mol. The van der Waals surface area contributed by atoms with Gasteiger partial charge < -0.3 is 4.42 Å². The van der Waals surface area contributed by atoms with Crippen LogP contribution in [-0.2, 0) is 0 Å². The van der Waals surface area contributed by atoms with Crippen molar-refractivity contribution in [2.45, 2.75) is 37.6 Å². The molecule has 0 radical (unpaired) electrons. The Morgan fingerprint density at radius 2 is 2.15 bits per heavy atom. The Morgan fingerprint density at radius 3 is 2.90 bits per heavy atom. The zero-order chi connectivity index (χ0) is 13.4. The molecule has 2 fully saturated rings.